The molecular formula is C32H30Cl2SiZr. The van der Waals surface area contributed by atoms with E-state index in [1.54, 1.807) is 0 Å². The molecule has 6 rings (SSSR count). The van der Waals surface area contributed by atoms with Gasteiger partial charge in [-0.05, 0) is 0 Å². The molecule has 0 saturated carbocycles. The molecule has 4 heteroatoms. The number of fused-ring (bicyclic) bond motifs is 4. The van der Waals surface area contributed by atoms with E-state index in [0.717, 1.165) is 6.42 Å². The van der Waals surface area contributed by atoms with Gasteiger partial charge in [0.25, 0.3) is 0 Å². The Morgan fingerprint density at radius 2 is 1.56 bits per heavy atom. The van der Waals surface area contributed by atoms with E-state index in [4.69, 9.17) is 17.0 Å². The fourth-order valence-electron chi connectivity index (χ4n) is 6.31. The van der Waals surface area contributed by atoms with E-state index in [1.807, 2.05) is 0 Å². The summed E-state index contributed by atoms with van der Waals surface area (Å²) in [6.45, 7) is 6.83. The Balaban J connectivity index is 1.50. The van der Waals surface area contributed by atoms with Crippen LogP contribution in [0.15, 0.2) is 90.5 Å². The maximum atomic E-state index is 7.70. The fourth-order valence-corrected chi connectivity index (χ4v) is 23.5. The van der Waals surface area contributed by atoms with E-state index in [-0.39, 0.29) is 3.63 Å². The molecule has 0 fully saturated rings. The molecule has 0 spiro atoms. The van der Waals surface area contributed by atoms with Crippen molar-refractivity contribution in [3.63, 3.8) is 0 Å². The van der Waals surface area contributed by atoms with Gasteiger partial charge in [0, 0.05) is 0 Å². The summed E-state index contributed by atoms with van der Waals surface area (Å²) in [5.74, 6) is 0.589. The summed E-state index contributed by atoms with van der Waals surface area (Å²) in [7, 11) is 14.8. The second-order valence-electron chi connectivity index (χ2n) is 10.7. The number of halogens is 2. The summed E-state index contributed by atoms with van der Waals surface area (Å²) >= 11 is -3.88. The molecule has 36 heavy (non-hydrogen) atoms. The van der Waals surface area contributed by atoms with Gasteiger partial charge in [-0.2, -0.15) is 0 Å². The third kappa shape index (κ3) is 4.06. The van der Waals surface area contributed by atoms with Crippen LogP contribution in [-0.2, 0) is 24.3 Å². The Hall–Kier alpha value is -1.70. The summed E-state index contributed by atoms with van der Waals surface area (Å²) in [5.41, 5.74) is 10.8. The molecule has 0 saturated heterocycles. The minimum absolute atomic E-state index is 0.123. The first-order valence-corrected chi connectivity index (χ1v) is 23.2. The van der Waals surface area contributed by atoms with Gasteiger partial charge < -0.3 is 0 Å². The number of rotatable bonds is 5. The number of benzene rings is 4. The van der Waals surface area contributed by atoms with E-state index in [2.05, 4.69) is 112 Å². The van der Waals surface area contributed by atoms with Crippen molar-refractivity contribution in [3.8, 4) is 22.3 Å². The van der Waals surface area contributed by atoms with Gasteiger partial charge in [0.1, 0.15) is 0 Å². The molecular weight excluding hydrogens is 575 g/mol. The molecule has 1 heterocycles. The van der Waals surface area contributed by atoms with Crippen LogP contribution >= 0.6 is 17.0 Å². The molecule has 4 aromatic rings. The van der Waals surface area contributed by atoms with E-state index < -0.39 is 27.4 Å². The van der Waals surface area contributed by atoms with Crippen LogP contribution in [0.5, 0.6) is 0 Å². The molecule has 1 aliphatic heterocycles. The summed E-state index contributed by atoms with van der Waals surface area (Å²) in [4.78, 5) is 0. The second kappa shape index (κ2) is 9.55. The van der Waals surface area contributed by atoms with Gasteiger partial charge in [0.2, 0.25) is 0 Å². The summed E-state index contributed by atoms with van der Waals surface area (Å²) in [6.07, 6.45) is 3.44. The Labute approximate surface area is 228 Å². The van der Waals surface area contributed by atoms with Crippen LogP contribution in [-0.4, -0.2) is 9.52 Å². The van der Waals surface area contributed by atoms with Crippen LogP contribution in [0.2, 0.25) is 0 Å². The van der Waals surface area contributed by atoms with Gasteiger partial charge in [-0.1, -0.05) is 0 Å². The zero-order chi connectivity index (χ0) is 25.0. The standard InChI is InChI=1S/C20H21.C12H9Si.2ClH.Zr/c1-14(2)11-18-10-9-17-12-15(3)13-19(17)20(18)16-7-5-4-6-8-16;1-3-7-11-9(5-1)10-6-2-4-8-12(10)13-11;;;/h4-10,12-14H,11H2,1-3H3;1-7H,13H2;2*1H;/q;;;;+2/p-2. The number of hydrogen-bond donors (Lipinski definition) is 0. The van der Waals surface area contributed by atoms with Crippen LogP contribution in [0.25, 0.3) is 28.3 Å². The van der Waals surface area contributed by atoms with Gasteiger partial charge in [0.05, 0.1) is 0 Å². The average Bonchev–Trinajstić information content (AvgIpc) is 3.41. The molecule has 1 unspecified atom stereocenters. The average molecular weight is 605 g/mol. The van der Waals surface area contributed by atoms with Gasteiger partial charge in [-0.15, -0.1) is 0 Å². The molecule has 1 atom stereocenters. The van der Waals surface area contributed by atoms with Crippen LogP contribution in [0.4, 0.5) is 0 Å². The van der Waals surface area contributed by atoms with Crippen LogP contribution in [0.3, 0.4) is 0 Å². The van der Waals surface area contributed by atoms with Gasteiger partial charge in [0.15, 0.2) is 0 Å². The Morgan fingerprint density at radius 3 is 2.33 bits per heavy atom. The quantitative estimate of drug-likeness (QED) is 0.192. The Kier molecular flexibility index (Phi) is 6.54. The SMILES string of the molecule is CC1=Cc2c(ccc(CC(C)C)c2-c2ccccc2)[CH]1[Zr]([Cl])([Cl])[c]1cccc2c1[SiH2]c1ccccc1-2. The van der Waals surface area contributed by atoms with Crippen molar-refractivity contribution in [1.29, 1.82) is 0 Å². The predicted molar refractivity (Wildman–Crippen MR) is 158 cm³/mol. The number of hydrogen-bond acceptors (Lipinski definition) is 0. The topological polar surface area (TPSA) is 0 Å². The molecule has 1 aliphatic carbocycles. The summed E-state index contributed by atoms with van der Waals surface area (Å²) in [5, 5.41) is 3.00. The monoisotopic (exact) mass is 602 g/mol. The molecule has 4 aromatic carbocycles. The summed E-state index contributed by atoms with van der Waals surface area (Å²) < 4.78 is 1.42. The van der Waals surface area contributed by atoms with Crippen molar-refractivity contribution in [1.82, 2.24) is 0 Å². The minimum atomic E-state index is -3.88. The van der Waals surface area contributed by atoms with Crippen molar-refractivity contribution >= 4 is 46.3 Å². The first kappa shape index (κ1) is 24.6. The fraction of sp³-hybridized carbons (Fsp3) is 0.188. The van der Waals surface area contributed by atoms with Crippen molar-refractivity contribution in [2.45, 2.75) is 30.8 Å². The predicted octanol–water partition coefficient (Wildman–Crippen LogP) is 6.90. The first-order chi connectivity index (χ1) is 17.4. The molecule has 0 nitrogen and oxygen atoms in total. The van der Waals surface area contributed by atoms with E-state index >= 15 is 0 Å². The van der Waals surface area contributed by atoms with Crippen molar-refractivity contribution < 1.29 is 17.9 Å². The zero-order valence-corrected chi connectivity index (χ0v) is 26.4. The van der Waals surface area contributed by atoms with Gasteiger partial charge >= 0.3 is 230 Å². The molecule has 0 N–H and O–H groups in total. The normalized spacial score (nSPS) is 16.7. The van der Waals surface area contributed by atoms with E-state index in [9.17, 15) is 0 Å². The Morgan fingerprint density at radius 1 is 0.833 bits per heavy atom. The third-order valence-electron chi connectivity index (χ3n) is 7.77. The van der Waals surface area contributed by atoms with E-state index in [0.29, 0.717) is 5.92 Å². The van der Waals surface area contributed by atoms with Crippen LogP contribution in [0, 0.1) is 5.92 Å². The van der Waals surface area contributed by atoms with Crippen molar-refractivity contribution in [2.75, 3.05) is 0 Å². The third-order valence-corrected chi connectivity index (χ3v) is 22.3. The van der Waals surface area contributed by atoms with Crippen LogP contribution in [0.1, 0.15) is 41.1 Å². The van der Waals surface area contributed by atoms with Crippen molar-refractivity contribution in [2.24, 2.45) is 5.92 Å². The molecule has 0 bridgehead atoms. The maximum absolute atomic E-state index is 7.70. The van der Waals surface area contributed by atoms with E-state index in [1.165, 1.54) is 58.2 Å². The number of allylic oxidation sites excluding steroid dienone is 1. The molecule has 180 valence electrons. The second-order valence-corrected chi connectivity index (χ2v) is 26.5. The van der Waals surface area contributed by atoms with Gasteiger partial charge in [-0.3, -0.25) is 0 Å². The van der Waals surface area contributed by atoms with Crippen LogP contribution < -0.4 is 13.6 Å². The molecule has 0 amide bonds. The van der Waals surface area contributed by atoms with Gasteiger partial charge in [-0.25, -0.2) is 0 Å². The first-order valence-electron chi connectivity index (χ1n) is 12.8. The molecule has 0 aromatic heterocycles. The Bertz CT molecular complexity index is 1500. The molecule has 0 radical (unpaired) electrons. The summed E-state index contributed by atoms with van der Waals surface area (Å²) in [6, 6.07) is 31.1. The zero-order valence-electron chi connectivity index (χ0n) is 21.0. The van der Waals surface area contributed by atoms with Crippen molar-refractivity contribution in [3.05, 3.63) is 107 Å². The molecule has 2 aliphatic rings.